The fourth-order valence-electron chi connectivity index (χ4n) is 2.09. The maximum Gasteiger partial charge on any atom is 0.251 e. The Balaban J connectivity index is 1.75. The van der Waals surface area contributed by atoms with E-state index in [1.54, 1.807) is 12.1 Å². The number of carbonyl (C=O) groups is 2. The fourth-order valence-corrected chi connectivity index (χ4v) is 2.09. The molecule has 4 heteroatoms. The van der Waals surface area contributed by atoms with Gasteiger partial charge in [0.05, 0.1) is 0 Å². The van der Waals surface area contributed by atoms with E-state index in [1.807, 2.05) is 23.1 Å². The number of nitrogens with one attached hydrogen (secondary N) is 1. The number of hydrogen-bond acceptors (Lipinski definition) is 2. The van der Waals surface area contributed by atoms with E-state index >= 15 is 0 Å². The van der Waals surface area contributed by atoms with Crippen LogP contribution in [0.1, 0.15) is 29.6 Å². The summed E-state index contributed by atoms with van der Waals surface area (Å²) < 4.78 is 0. The summed E-state index contributed by atoms with van der Waals surface area (Å²) in [6, 6.07) is 9.11. The first-order valence-electron chi connectivity index (χ1n) is 6.38. The molecule has 1 heterocycles. The summed E-state index contributed by atoms with van der Waals surface area (Å²) in [5.41, 5.74) is 0.655. The first-order chi connectivity index (χ1) is 8.77. The highest BCUT2D eigenvalue weighted by molar-refractivity contribution is 5.94. The highest BCUT2D eigenvalue weighted by atomic mass is 16.2. The van der Waals surface area contributed by atoms with Crippen LogP contribution < -0.4 is 5.32 Å². The van der Waals surface area contributed by atoms with Crippen LogP contribution in [0.4, 0.5) is 0 Å². The smallest absolute Gasteiger partial charge is 0.251 e. The Bertz CT molecular complexity index is 417. The van der Waals surface area contributed by atoms with E-state index in [4.69, 9.17) is 0 Å². The highest BCUT2D eigenvalue weighted by Crippen LogP contribution is 2.09. The molecule has 0 atom stereocenters. The Morgan fingerprint density at radius 3 is 2.72 bits per heavy atom. The first kappa shape index (κ1) is 12.6. The molecule has 1 aromatic rings. The van der Waals surface area contributed by atoms with E-state index in [0.29, 0.717) is 25.1 Å². The topological polar surface area (TPSA) is 49.4 Å². The van der Waals surface area contributed by atoms with Crippen molar-refractivity contribution >= 4 is 11.8 Å². The number of carbonyl (C=O) groups excluding carboxylic acids is 2. The summed E-state index contributed by atoms with van der Waals surface area (Å²) in [7, 11) is 0. The fraction of sp³-hybridized carbons (Fsp3) is 0.429. The summed E-state index contributed by atoms with van der Waals surface area (Å²) in [6.45, 7) is 1.94. The molecule has 1 aliphatic rings. The van der Waals surface area contributed by atoms with Gasteiger partial charge in [0, 0.05) is 31.6 Å². The van der Waals surface area contributed by atoms with Gasteiger partial charge < -0.3 is 10.2 Å². The Labute approximate surface area is 107 Å². The quantitative estimate of drug-likeness (QED) is 0.873. The maximum atomic E-state index is 11.8. The van der Waals surface area contributed by atoms with Crippen LogP contribution in [0.5, 0.6) is 0 Å². The van der Waals surface area contributed by atoms with Gasteiger partial charge in [-0.2, -0.15) is 0 Å². The molecule has 0 radical (unpaired) electrons. The first-order valence-corrected chi connectivity index (χ1v) is 6.38. The normalized spacial score (nSPS) is 15.6. The Kier molecular flexibility index (Phi) is 4.34. The van der Waals surface area contributed by atoms with Gasteiger partial charge in [-0.25, -0.2) is 0 Å². The van der Waals surface area contributed by atoms with Crippen molar-refractivity contribution in [3.8, 4) is 0 Å². The van der Waals surface area contributed by atoms with Crippen LogP contribution in [0.2, 0.25) is 0 Å². The average molecular weight is 246 g/mol. The summed E-state index contributed by atoms with van der Waals surface area (Å²) in [6.07, 6.45) is 2.71. The monoisotopic (exact) mass is 246 g/mol. The lowest BCUT2D eigenvalue weighted by atomic mass is 10.1. The minimum absolute atomic E-state index is 0.0833. The molecular weight excluding hydrogens is 228 g/mol. The Hall–Kier alpha value is -1.84. The summed E-state index contributed by atoms with van der Waals surface area (Å²) in [5, 5.41) is 2.83. The molecule has 2 rings (SSSR count). The molecule has 0 spiro atoms. The van der Waals surface area contributed by atoms with Gasteiger partial charge >= 0.3 is 0 Å². The summed E-state index contributed by atoms with van der Waals surface area (Å²) in [5.74, 6) is 0.121. The lowest BCUT2D eigenvalue weighted by Gasteiger charge is -2.26. The molecule has 0 unspecified atom stereocenters. The Morgan fingerprint density at radius 1 is 1.22 bits per heavy atom. The molecule has 4 nitrogen and oxygen atoms in total. The molecule has 1 aliphatic heterocycles. The van der Waals surface area contributed by atoms with E-state index in [1.165, 1.54) is 0 Å². The van der Waals surface area contributed by atoms with E-state index in [-0.39, 0.29) is 11.8 Å². The molecular formula is C14H18N2O2. The lowest BCUT2D eigenvalue weighted by Crippen LogP contribution is -2.41. The summed E-state index contributed by atoms with van der Waals surface area (Å²) >= 11 is 0. The number of amides is 2. The van der Waals surface area contributed by atoms with Crippen LogP contribution in [-0.2, 0) is 4.79 Å². The van der Waals surface area contributed by atoms with Crippen LogP contribution in [0.15, 0.2) is 30.3 Å². The van der Waals surface area contributed by atoms with Crippen LogP contribution in [-0.4, -0.2) is 36.3 Å². The van der Waals surface area contributed by atoms with Crippen molar-refractivity contribution in [3.63, 3.8) is 0 Å². The third kappa shape index (κ3) is 3.32. The zero-order chi connectivity index (χ0) is 12.8. The van der Waals surface area contributed by atoms with Crippen molar-refractivity contribution in [2.24, 2.45) is 0 Å². The van der Waals surface area contributed by atoms with Crippen LogP contribution in [0.25, 0.3) is 0 Å². The number of nitrogens with zero attached hydrogens (tertiary/aromatic N) is 1. The molecule has 18 heavy (non-hydrogen) atoms. The van der Waals surface area contributed by atoms with Gasteiger partial charge in [-0.1, -0.05) is 18.2 Å². The average Bonchev–Trinajstić information content (AvgIpc) is 2.42. The van der Waals surface area contributed by atoms with E-state index < -0.39 is 0 Å². The number of piperidine rings is 1. The lowest BCUT2D eigenvalue weighted by molar-refractivity contribution is -0.133. The number of benzene rings is 1. The zero-order valence-electron chi connectivity index (χ0n) is 10.4. The minimum Gasteiger partial charge on any atom is -0.350 e. The third-order valence-electron chi connectivity index (χ3n) is 3.12. The van der Waals surface area contributed by atoms with Crippen LogP contribution >= 0.6 is 0 Å². The number of hydrogen-bond donors (Lipinski definition) is 1. The van der Waals surface area contributed by atoms with Crippen LogP contribution in [0, 0.1) is 0 Å². The predicted molar refractivity (Wildman–Crippen MR) is 69.2 cm³/mol. The molecule has 0 saturated carbocycles. The largest absolute Gasteiger partial charge is 0.350 e. The molecule has 1 fully saturated rings. The van der Waals surface area contributed by atoms with E-state index in [9.17, 15) is 9.59 Å². The third-order valence-corrected chi connectivity index (χ3v) is 3.12. The minimum atomic E-state index is -0.0833. The van der Waals surface area contributed by atoms with Gasteiger partial charge in [0.2, 0.25) is 5.91 Å². The van der Waals surface area contributed by atoms with Crippen molar-refractivity contribution in [2.45, 2.75) is 19.3 Å². The zero-order valence-corrected chi connectivity index (χ0v) is 10.4. The van der Waals surface area contributed by atoms with Gasteiger partial charge in [0.15, 0.2) is 0 Å². The van der Waals surface area contributed by atoms with Gasteiger partial charge in [-0.3, -0.25) is 9.59 Å². The molecule has 0 aromatic heterocycles. The van der Waals surface area contributed by atoms with Gasteiger partial charge in [-0.15, -0.1) is 0 Å². The molecule has 0 aliphatic carbocycles. The van der Waals surface area contributed by atoms with Gasteiger partial charge in [0.25, 0.3) is 5.91 Å². The second kappa shape index (κ2) is 6.19. The SMILES string of the molecule is O=C(NCCN1CCCCC1=O)c1ccccc1. The van der Waals surface area contributed by atoms with Crippen LogP contribution in [0.3, 0.4) is 0 Å². The van der Waals surface area contributed by atoms with E-state index in [2.05, 4.69) is 5.32 Å². The highest BCUT2D eigenvalue weighted by Gasteiger charge is 2.17. The molecule has 1 N–H and O–H groups in total. The second-order valence-electron chi connectivity index (χ2n) is 4.46. The van der Waals surface area contributed by atoms with E-state index in [0.717, 1.165) is 19.4 Å². The molecule has 1 aromatic carbocycles. The van der Waals surface area contributed by atoms with Crippen molar-refractivity contribution in [2.75, 3.05) is 19.6 Å². The predicted octanol–water partition coefficient (Wildman–Crippen LogP) is 1.43. The molecule has 1 saturated heterocycles. The van der Waals surface area contributed by atoms with Gasteiger partial charge in [-0.05, 0) is 25.0 Å². The second-order valence-corrected chi connectivity index (χ2v) is 4.46. The molecule has 2 amide bonds. The maximum absolute atomic E-state index is 11.8. The Morgan fingerprint density at radius 2 is 2.00 bits per heavy atom. The standard InChI is InChI=1S/C14H18N2O2/c17-13-8-4-5-10-16(13)11-9-15-14(18)12-6-2-1-3-7-12/h1-3,6-7H,4-5,8-11H2,(H,15,18). The molecule has 0 bridgehead atoms. The number of rotatable bonds is 4. The number of likely N-dealkylation sites (tertiary alicyclic amines) is 1. The van der Waals surface area contributed by atoms with Crippen molar-refractivity contribution in [1.29, 1.82) is 0 Å². The van der Waals surface area contributed by atoms with Crippen molar-refractivity contribution < 1.29 is 9.59 Å². The van der Waals surface area contributed by atoms with Crippen molar-refractivity contribution in [1.82, 2.24) is 10.2 Å². The van der Waals surface area contributed by atoms with Crippen molar-refractivity contribution in [3.05, 3.63) is 35.9 Å². The summed E-state index contributed by atoms with van der Waals surface area (Å²) in [4.78, 5) is 25.1. The molecule has 96 valence electrons. The van der Waals surface area contributed by atoms with Gasteiger partial charge in [0.1, 0.15) is 0 Å².